The molecule has 0 amide bonds. The van der Waals surface area contributed by atoms with Crippen molar-refractivity contribution < 1.29 is 0 Å². The van der Waals surface area contributed by atoms with Crippen LogP contribution in [0.5, 0.6) is 0 Å². The molecule has 0 aliphatic carbocycles. The van der Waals surface area contributed by atoms with Crippen LogP contribution in [0.15, 0.2) is 88.9 Å². The Morgan fingerprint density at radius 2 is 1.62 bits per heavy atom. The van der Waals surface area contributed by atoms with Gasteiger partial charge in [0.15, 0.2) is 0 Å². The predicted octanol–water partition coefficient (Wildman–Crippen LogP) is 5.02. The molecule has 0 N–H and O–H groups in total. The van der Waals surface area contributed by atoms with Crippen LogP contribution < -0.4 is 0 Å². The summed E-state index contributed by atoms with van der Waals surface area (Å²) in [5.74, 6) is 0. The zero-order valence-electron chi connectivity index (χ0n) is 12.8. The molecular formula is C20H13N3S. The van der Waals surface area contributed by atoms with Gasteiger partial charge in [0.05, 0.1) is 11.6 Å². The molecule has 2 heterocycles. The van der Waals surface area contributed by atoms with Crippen LogP contribution in [0.4, 0.5) is 0 Å². The fourth-order valence-corrected chi connectivity index (χ4v) is 3.57. The average Bonchev–Trinajstić information content (AvgIpc) is 3.02. The Morgan fingerprint density at radius 3 is 2.38 bits per heavy atom. The third-order valence-electron chi connectivity index (χ3n) is 3.73. The number of hydrogen-bond donors (Lipinski definition) is 0. The van der Waals surface area contributed by atoms with Gasteiger partial charge in [-0.15, -0.1) is 0 Å². The lowest BCUT2D eigenvalue weighted by molar-refractivity contribution is 1.05. The molecule has 24 heavy (non-hydrogen) atoms. The molecule has 3 nitrogen and oxygen atoms in total. The fourth-order valence-electron chi connectivity index (χ4n) is 2.56. The number of nitrogens with zero attached hydrogens (tertiary/aromatic N) is 3. The molecule has 0 saturated heterocycles. The topological polar surface area (TPSA) is 41.1 Å². The zero-order chi connectivity index (χ0) is 16.4. The number of benzene rings is 2. The Kier molecular flexibility index (Phi) is 3.78. The van der Waals surface area contributed by atoms with E-state index in [2.05, 4.69) is 22.6 Å². The Morgan fingerprint density at radius 1 is 0.875 bits per heavy atom. The quantitative estimate of drug-likeness (QED) is 0.530. The van der Waals surface area contributed by atoms with Gasteiger partial charge in [-0.25, -0.2) is 4.98 Å². The van der Waals surface area contributed by atoms with Crippen LogP contribution in [0.3, 0.4) is 0 Å². The van der Waals surface area contributed by atoms with Crippen molar-refractivity contribution in [3.05, 3.63) is 84.6 Å². The number of imidazole rings is 1. The molecule has 0 radical (unpaired) electrons. The van der Waals surface area contributed by atoms with Gasteiger partial charge in [-0.1, -0.05) is 48.2 Å². The van der Waals surface area contributed by atoms with Crippen LogP contribution in [-0.2, 0) is 0 Å². The first-order valence-corrected chi connectivity index (χ1v) is 8.37. The van der Waals surface area contributed by atoms with E-state index in [9.17, 15) is 0 Å². The summed E-state index contributed by atoms with van der Waals surface area (Å²) in [5, 5.41) is 10.0. The minimum Gasteiger partial charge on any atom is -0.294 e. The van der Waals surface area contributed by atoms with Gasteiger partial charge in [0.25, 0.3) is 0 Å². The van der Waals surface area contributed by atoms with Crippen molar-refractivity contribution in [3.8, 4) is 17.3 Å². The molecule has 0 aliphatic heterocycles. The van der Waals surface area contributed by atoms with Crippen LogP contribution in [0.2, 0.25) is 0 Å². The molecule has 4 rings (SSSR count). The summed E-state index contributed by atoms with van der Waals surface area (Å²) >= 11 is 1.66. The van der Waals surface area contributed by atoms with E-state index in [4.69, 9.17) is 10.2 Å². The highest BCUT2D eigenvalue weighted by Gasteiger charge is 2.14. The van der Waals surface area contributed by atoms with E-state index in [-0.39, 0.29) is 0 Å². The lowest BCUT2D eigenvalue weighted by atomic mass is 10.2. The van der Waals surface area contributed by atoms with Crippen molar-refractivity contribution in [2.75, 3.05) is 0 Å². The maximum absolute atomic E-state index is 8.95. The van der Waals surface area contributed by atoms with Crippen LogP contribution in [0.25, 0.3) is 16.9 Å². The fraction of sp³-hybridized carbons (Fsp3) is 0. The first-order chi connectivity index (χ1) is 11.8. The second kappa shape index (κ2) is 6.23. The highest BCUT2D eigenvalue weighted by Crippen LogP contribution is 2.36. The molecule has 0 atom stereocenters. The lowest BCUT2D eigenvalue weighted by Crippen LogP contribution is -1.86. The summed E-state index contributed by atoms with van der Waals surface area (Å²) in [6.45, 7) is 0. The summed E-state index contributed by atoms with van der Waals surface area (Å²) in [7, 11) is 0. The van der Waals surface area contributed by atoms with Crippen LogP contribution in [-0.4, -0.2) is 9.38 Å². The van der Waals surface area contributed by atoms with Crippen molar-refractivity contribution in [2.24, 2.45) is 0 Å². The lowest BCUT2D eigenvalue weighted by Gasteiger charge is -2.05. The molecule has 4 aromatic rings. The highest BCUT2D eigenvalue weighted by molar-refractivity contribution is 7.99. The van der Waals surface area contributed by atoms with E-state index < -0.39 is 0 Å². The van der Waals surface area contributed by atoms with Gasteiger partial charge in [0, 0.05) is 16.7 Å². The van der Waals surface area contributed by atoms with Crippen LogP contribution >= 0.6 is 11.8 Å². The molecule has 0 fully saturated rings. The number of hydrogen-bond acceptors (Lipinski definition) is 3. The zero-order valence-corrected chi connectivity index (χ0v) is 13.6. The Hall–Kier alpha value is -3.03. The Bertz CT molecular complexity index is 1030. The van der Waals surface area contributed by atoms with Gasteiger partial charge in [0.2, 0.25) is 0 Å². The van der Waals surface area contributed by atoms with Crippen LogP contribution in [0, 0.1) is 11.3 Å². The second-order valence-electron chi connectivity index (χ2n) is 5.30. The summed E-state index contributed by atoms with van der Waals surface area (Å²) in [4.78, 5) is 5.88. The monoisotopic (exact) mass is 327 g/mol. The van der Waals surface area contributed by atoms with Gasteiger partial charge >= 0.3 is 0 Å². The molecule has 2 aromatic heterocycles. The van der Waals surface area contributed by atoms with Gasteiger partial charge in [0.1, 0.15) is 16.4 Å². The first kappa shape index (κ1) is 14.6. The Balaban J connectivity index is 1.84. The molecule has 0 bridgehead atoms. The molecule has 114 valence electrons. The van der Waals surface area contributed by atoms with E-state index in [1.807, 2.05) is 66.9 Å². The number of fused-ring (bicyclic) bond motifs is 1. The SMILES string of the molecule is N#Cc1ccc(Sc2c(-c3ccccc3)nc3ccccn23)cc1. The normalized spacial score (nSPS) is 10.6. The highest BCUT2D eigenvalue weighted by atomic mass is 32.2. The van der Waals surface area contributed by atoms with E-state index in [1.54, 1.807) is 11.8 Å². The average molecular weight is 327 g/mol. The number of aromatic nitrogens is 2. The molecule has 4 heteroatoms. The summed E-state index contributed by atoms with van der Waals surface area (Å²) < 4.78 is 2.10. The second-order valence-corrected chi connectivity index (χ2v) is 6.36. The largest absolute Gasteiger partial charge is 0.294 e. The van der Waals surface area contributed by atoms with E-state index >= 15 is 0 Å². The van der Waals surface area contributed by atoms with E-state index in [0.717, 1.165) is 26.8 Å². The summed E-state index contributed by atoms with van der Waals surface area (Å²) in [6, 6.07) is 26.0. The molecule has 2 aromatic carbocycles. The maximum Gasteiger partial charge on any atom is 0.138 e. The number of pyridine rings is 1. The summed E-state index contributed by atoms with van der Waals surface area (Å²) in [5.41, 5.74) is 3.65. The van der Waals surface area contributed by atoms with Gasteiger partial charge in [-0.2, -0.15) is 5.26 Å². The van der Waals surface area contributed by atoms with E-state index in [1.165, 1.54) is 0 Å². The third-order valence-corrected chi connectivity index (χ3v) is 4.82. The minimum absolute atomic E-state index is 0.667. The van der Waals surface area contributed by atoms with Crippen molar-refractivity contribution in [1.82, 2.24) is 9.38 Å². The van der Waals surface area contributed by atoms with Gasteiger partial charge < -0.3 is 0 Å². The first-order valence-electron chi connectivity index (χ1n) is 7.56. The Labute approximate surface area is 144 Å². The minimum atomic E-state index is 0.667. The predicted molar refractivity (Wildman–Crippen MR) is 95.9 cm³/mol. The maximum atomic E-state index is 8.95. The van der Waals surface area contributed by atoms with Gasteiger partial charge in [-0.05, 0) is 36.4 Å². The molecule has 0 unspecified atom stereocenters. The van der Waals surface area contributed by atoms with E-state index in [0.29, 0.717) is 5.56 Å². The molecule has 0 aliphatic rings. The molecular weight excluding hydrogens is 314 g/mol. The van der Waals surface area contributed by atoms with Crippen LogP contribution in [0.1, 0.15) is 5.56 Å². The summed E-state index contributed by atoms with van der Waals surface area (Å²) in [6.07, 6.45) is 2.03. The third kappa shape index (κ3) is 2.66. The van der Waals surface area contributed by atoms with Gasteiger partial charge in [-0.3, -0.25) is 4.40 Å². The van der Waals surface area contributed by atoms with Crippen molar-refractivity contribution >= 4 is 17.4 Å². The number of rotatable bonds is 3. The number of nitriles is 1. The molecule has 0 spiro atoms. The standard InChI is InChI=1S/C20H13N3S/c21-14-15-9-11-17(12-10-15)24-20-19(16-6-2-1-3-7-16)22-18-8-4-5-13-23(18)20/h1-13H. The molecule has 0 saturated carbocycles. The van der Waals surface area contributed by atoms with Crippen molar-refractivity contribution in [3.63, 3.8) is 0 Å². The van der Waals surface area contributed by atoms with Crippen molar-refractivity contribution in [2.45, 2.75) is 9.92 Å². The van der Waals surface area contributed by atoms with Crippen molar-refractivity contribution in [1.29, 1.82) is 5.26 Å². The smallest absolute Gasteiger partial charge is 0.138 e.